The number of hydrogen-bond acceptors (Lipinski definition) is 5. The van der Waals surface area contributed by atoms with Gasteiger partial charge in [0.25, 0.3) is 0 Å². The summed E-state index contributed by atoms with van der Waals surface area (Å²) >= 11 is 0. The molecule has 0 aromatic heterocycles. The molecular formula is C17H22O8P2. The van der Waals surface area contributed by atoms with Crippen LogP contribution in [-0.4, -0.2) is 36.0 Å². The van der Waals surface area contributed by atoms with Gasteiger partial charge < -0.3 is 34.1 Å². The van der Waals surface area contributed by atoms with Crippen LogP contribution in [0.4, 0.5) is 0 Å². The van der Waals surface area contributed by atoms with E-state index in [2.05, 4.69) is 48.5 Å². The van der Waals surface area contributed by atoms with Gasteiger partial charge in [-0.2, -0.15) is 0 Å². The van der Waals surface area contributed by atoms with Gasteiger partial charge in [-0.1, -0.05) is 42.5 Å². The Labute approximate surface area is 158 Å². The molecule has 0 radical (unpaired) electrons. The molecule has 0 fully saturated rings. The summed E-state index contributed by atoms with van der Waals surface area (Å²) in [6.07, 6.45) is 3.54. The maximum atomic E-state index is 8.88. The average molecular weight is 416 g/mol. The van der Waals surface area contributed by atoms with E-state index in [1.54, 1.807) is 0 Å². The van der Waals surface area contributed by atoms with Crippen LogP contribution in [0.1, 0.15) is 29.5 Å². The monoisotopic (exact) mass is 416 g/mol. The first-order valence-corrected chi connectivity index (χ1v) is 10.9. The topological polar surface area (TPSA) is 148 Å². The molecule has 0 amide bonds. The summed E-state index contributed by atoms with van der Waals surface area (Å²) < 4.78 is 14.7. The van der Waals surface area contributed by atoms with E-state index in [1.807, 2.05) is 0 Å². The smallest absolute Gasteiger partial charge is 0.466 e. The van der Waals surface area contributed by atoms with Crippen molar-refractivity contribution < 1.29 is 38.7 Å². The summed E-state index contributed by atoms with van der Waals surface area (Å²) in [5, 5.41) is 0. The molecule has 1 aliphatic carbocycles. The number of phosphoric acid groups is 1. The van der Waals surface area contributed by atoms with Crippen LogP contribution < -0.4 is 4.74 Å². The lowest BCUT2D eigenvalue weighted by atomic mass is 9.72. The highest BCUT2D eigenvalue weighted by Crippen LogP contribution is 2.51. The van der Waals surface area contributed by atoms with E-state index in [-0.39, 0.29) is 5.41 Å². The minimum atomic E-state index is -4.64. The van der Waals surface area contributed by atoms with Gasteiger partial charge in [-0.25, -0.2) is 4.57 Å². The molecule has 2 aliphatic rings. The number of fused-ring (bicyclic) bond motifs is 4. The van der Waals surface area contributed by atoms with Gasteiger partial charge in [0.1, 0.15) is 5.75 Å². The first kappa shape index (κ1) is 22.0. The largest absolute Gasteiger partial charge is 0.493 e. The van der Waals surface area contributed by atoms with Gasteiger partial charge in [-0.3, -0.25) is 0 Å². The fourth-order valence-corrected chi connectivity index (χ4v) is 3.69. The molecule has 27 heavy (non-hydrogen) atoms. The third-order valence-electron chi connectivity index (χ3n) is 4.54. The fraction of sp³-hybridized carbons (Fsp3) is 0.294. The zero-order valence-electron chi connectivity index (χ0n) is 14.3. The number of aryl methyl sites for hydroxylation is 1. The highest BCUT2D eigenvalue weighted by Gasteiger charge is 2.43. The number of rotatable bonds is 0. The second kappa shape index (κ2) is 9.24. The van der Waals surface area contributed by atoms with Crippen LogP contribution in [0, 0.1) is 0 Å². The van der Waals surface area contributed by atoms with E-state index in [4.69, 9.17) is 38.7 Å². The Hall–Kier alpha value is -1.34. The van der Waals surface area contributed by atoms with Gasteiger partial charge in [0.2, 0.25) is 0 Å². The second-order valence-corrected chi connectivity index (χ2v) is 7.68. The molecule has 4 rings (SSSR count). The van der Waals surface area contributed by atoms with Crippen LogP contribution in [0.15, 0.2) is 48.5 Å². The highest BCUT2D eigenvalue weighted by molar-refractivity contribution is 7.45. The molecular weight excluding hydrogens is 394 g/mol. The van der Waals surface area contributed by atoms with E-state index in [0.29, 0.717) is 0 Å². The maximum Gasteiger partial charge on any atom is 0.466 e. The maximum absolute atomic E-state index is 8.88. The van der Waals surface area contributed by atoms with E-state index in [9.17, 15) is 0 Å². The first-order chi connectivity index (χ1) is 12.6. The minimum absolute atomic E-state index is 0.214. The van der Waals surface area contributed by atoms with Gasteiger partial charge in [0.05, 0.1) is 6.61 Å². The lowest BCUT2D eigenvalue weighted by Crippen LogP contribution is -2.31. The molecule has 1 atom stereocenters. The van der Waals surface area contributed by atoms with E-state index < -0.39 is 16.4 Å². The van der Waals surface area contributed by atoms with Crippen molar-refractivity contribution in [1.82, 2.24) is 0 Å². The number of para-hydroxylation sites is 1. The number of ether oxygens (including phenoxy) is 1. The summed E-state index contributed by atoms with van der Waals surface area (Å²) in [7, 11) is -7.26. The van der Waals surface area contributed by atoms with Gasteiger partial charge in [0.15, 0.2) is 0 Å². The normalized spacial score (nSPS) is 19.8. The Morgan fingerprint density at radius 2 is 1.41 bits per heavy atom. The Morgan fingerprint density at radius 3 is 2.04 bits per heavy atom. The average Bonchev–Trinajstić information content (AvgIpc) is 2.93. The van der Waals surface area contributed by atoms with Gasteiger partial charge in [0, 0.05) is 11.0 Å². The third-order valence-corrected chi connectivity index (χ3v) is 4.54. The van der Waals surface area contributed by atoms with Gasteiger partial charge >= 0.3 is 16.4 Å². The van der Waals surface area contributed by atoms with Crippen LogP contribution in [0.3, 0.4) is 0 Å². The molecule has 0 bridgehead atoms. The predicted octanol–water partition coefficient (Wildman–Crippen LogP) is 1.96. The van der Waals surface area contributed by atoms with Gasteiger partial charge in [-0.15, -0.1) is 0 Å². The minimum Gasteiger partial charge on any atom is -0.493 e. The molecule has 148 valence electrons. The van der Waals surface area contributed by atoms with Crippen molar-refractivity contribution in [1.29, 1.82) is 0 Å². The predicted molar refractivity (Wildman–Crippen MR) is 99.9 cm³/mol. The Kier molecular flexibility index (Phi) is 7.51. The molecule has 1 spiro atoms. The molecule has 2 aromatic rings. The summed E-state index contributed by atoms with van der Waals surface area (Å²) in [6, 6.07) is 17.5. The molecule has 0 saturated heterocycles. The SMILES string of the molecule is O=P(O)(O)O.OP(O)O.c1ccc2c(c1)CCC21CCOc2ccccc21. The van der Waals surface area contributed by atoms with Crippen molar-refractivity contribution in [3.05, 3.63) is 65.2 Å². The second-order valence-electron chi connectivity index (χ2n) is 6.12. The van der Waals surface area contributed by atoms with Crippen molar-refractivity contribution in [2.24, 2.45) is 0 Å². The number of benzene rings is 2. The van der Waals surface area contributed by atoms with Crippen molar-refractivity contribution in [3.8, 4) is 5.75 Å². The molecule has 10 heteroatoms. The molecule has 2 aromatic carbocycles. The zero-order chi connectivity index (χ0) is 20.1. The quantitative estimate of drug-likeness (QED) is 0.357. The lowest BCUT2D eigenvalue weighted by Gasteiger charge is -2.36. The van der Waals surface area contributed by atoms with Crippen LogP contribution in [0.5, 0.6) is 5.75 Å². The summed E-state index contributed by atoms with van der Waals surface area (Å²) in [4.78, 5) is 43.3. The van der Waals surface area contributed by atoms with Crippen LogP contribution in [0.2, 0.25) is 0 Å². The molecule has 8 nitrogen and oxygen atoms in total. The van der Waals surface area contributed by atoms with Crippen molar-refractivity contribution in [2.75, 3.05) is 6.61 Å². The van der Waals surface area contributed by atoms with Crippen LogP contribution in [-0.2, 0) is 16.4 Å². The lowest BCUT2D eigenvalue weighted by molar-refractivity contribution is 0.234. The van der Waals surface area contributed by atoms with E-state index in [0.717, 1.165) is 18.8 Å². The third kappa shape index (κ3) is 6.07. The first-order valence-electron chi connectivity index (χ1n) is 8.09. The molecule has 1 heterocycles. The van der Waals surface area contributed by atoms with E-state index in [1.165, 1.54) is 29.5 Å². The van der Waals surface area contributed by atoms with Crippen molar-refractivity contribution >= 4 is 16.4 Å². The number of hydrogen-bond donors (Lipinski definition) is 6. The summed E-state index contributed by atoms with van der Waals surface area (Å²) in [6.45, 7) is 0.839. The molecule has 1 unspecified atom stereocenters. The summed E-state index contributed by atoms with van der Waals surface area (Å²) in [5.74, 6) is 1.08. The summed E-state index contributed by atoms with van der Waals surface area (Å²) in [5.41, 5.74) is 4.65. The standard InChI is InChI=1S/C17H16O.H3O4P.H3O3P/c1-2-6-14-13(5-1)9-10-17(14)11-12-18-16-8-4-3-7-15(16)17;1-5(2,3)4;1-4(2)3/h1-8H,9-12H2;(H3,1,2,3,4);1-3H. The van der Waals surface area contributed by atoms with Crippen LogP contribution in [0.25, 0.3) is 0 Å². The molecule has 0 saturated carbocycles. The molecule has 6 N–H and O–H groups in total. The van der Waals surface area contributed by atoms with Crippen molar-refractivity contribution in [2.45, 2.75) is 24.7 Å². The van der Waals surface area contributed by atoms with Gasteiger partial charge in [-0.05, 0) is 36.5 Å². The Bertz CT molecular complexity index is 796. The molecule has 1 aliphatic heterocycles. The Balaban J connectivity index is 0.000000247. The fourth-order valence-electron chi connectivity index (χ4n) is 3.69. The van der Waals surface area contributed by atoms with E-state index >= 15 is 0 Å². The van der Waals surface area contributed by atoms with Crippen LogP contribution >= 0.6 is 16.4 Å². The highest BCUT2D eigenvalue weighted by atomic mass is 31.2. The van der Waals surface area contributed by atoms with Crippen molar-refractivity contribution in [3.63, 3.8) is 0 Å². The zero-order valence-corrected chi connectivity index (χ0v) is 16.1. The Morgan fingerprint density at radius 1 is 0.889 bits per heavy atom.